The van der Waals surface area contributed by atoms with E-state index in [4.69, 9.17) is 5.73 Å². The maximum absolute atomic E-state index is 5.81. The highest BCUT2D eigenvalue weighted by Gasteiger charge is 2.29. The maximum atomic E-state index is 5.81. The quantitative estimate of drug-likeness (QED) is 0.897. The molecule has 0 atom stereocenters. The number of thiophene rings is 1. The predicted molar refractivity (Wildman–Crippen MR) is 75.2 cm³/mol. The van der Waals surface area contributed by atoms with Gasteiger partial charge >= 0.3 is 0 Å². The Hall–Kier alpha value is -1.39. The van der Waals surface area contributed by atoms with Crippen LogP contribution in [0.1, 0.15) is 24.1 Å². The number of anilines is 1. The first-order chi connectivity index (χ1) is 8.81. The summed E-state index contributed by atoms with van der Waals surface area (Å²) < 4.78 is 0. The van der Waals surface area contributed by atoms with Crippen molar-refractivity contribution in [1.82, 2.24) is 9.88 Å². The summed E-state index contributed by atoms with van der Waals surface area (Å²) in [5.41, 5.74) is 9.07. The molecule has 0 spiro atoms. The van der Waals surface area contributed by atoms with Gasteiger partial charge in [0, 0.05) is 31.0 Å². The summed E-state index contributed by atoms with van der Waals surface area (Å²) in [7, 11) is 0. The number of nitrogen functional groups attached to an aromatic ring is 1. The number of hydrogen-bond donors (Lipinski definition) is 1. The lowest BCUT2D eigenvalue weighted by Gasteiger charge is -2.21. The molecule has 0 radical (unpaired) electrons. The van der Waals surface area contributed by atoms with Gasteiger partial charge in [0.25, 0.3) is 0 Å². The summed E-state index contributed by atoms with van der Waals surface area (Å²) in [6.45, 7) is 1.91. The fourth-order valence-corrected chi connectivity index (χ4v) is 2.82. The van der Waals surface area contributed by atoms with Crippen LogP contribution in [0.15, 0.2) is 35.2 Å². The monoisotopic (exact) mass is 259 g/mol. The van der Waals surface area contributed by atoms with Crippen molar-refractivity contribution in [3.8, 4) is 0 Å². The fourth-order valence-electron chi connectivity index (χ4n) is 2.16. The Bertz CT molecular complexity index is 506. The molecule has 4 heteroatoms. The first kappa shape index (κ1) is 11.7. The van der Waals surface area contributed by atoms with Crippen molar-refractivity contribution in [1.29, 1.82) is 0 Å². The van der Waals surface area contributed by atoms with Crippen molar-refractivity contribution in [3.63, 3.8) is 0 Å². The maximum Gasteiger partial charge on any atom is 0.0564 e. The molecule has 0 amide bonds. The van der Waals surface area contributed by atoms with Gasteiger partial charge in [-0.05, 0) is 47.4 Å². The number of aromatic nitrogens is 1. The van der Waals surface area contributed by atoms with Gasteiger partial charge in [0.15, 0.2) is 0 Å². The molecule has 0 aliphatic heterocycles. The van der Waals surface area contributed by atoms with Crippen LogP contribution in [0.5, 0.6) is 0 Å². The summed E-state index contributed by atoms with van der Waals surface area (Å²) in [5.74, 6) is 0. The Balaban J connectivity index is 1.70. The second-order valence-electron chi connectivity index (χ2n) is 4.85. The highest BCUT2D eigenvalue weighted by atomic mass is 32.1. The van der Waals surface area contributed by atoms with Gasteiger partial charge in [-0.15, -0.1) is 0 Å². The summed E-state index contributed by atoms with van der Waals surface area (Å²) in [4.78, 5) is 6.90. The molecule has 18 heavy (non-hydrogen) atoms. The van der Waals surface area contributed by atoms with Crippen LogP contribution in [0.4, 0.5) is 5.69 Å². The van der Waals surface area contributed by atoms with Crippen LogP contribution in [0.25, 0.3) is 0 Å². The van der Waals surface area contributed by atoms with E-state index < -0.39 is 0 Å². The number of nitrogens with zero attached hydrogens (tertiary/aromatic N) is 2. The zero-order valence-corrected chi connectivity index (χ0v) is 11.1. The number of pyridine rings is 1. The second-order valence-corrected chi connectivity index (χ2v) is 5.63. The number of nitrogens with two attached hydrogens (primary N) is 1. The third-order valence-corrected chi connectivity index (χ3v) is 3.97. The molecule has 2 heterocycles. The van der Waals surface area contributed by atoms with Crippen LogP contribution in [-0.2, 0) is 13.1 Å². The molecule has 2 aromatic rings. The Morgan fingerprint density at radius 2 is 2.22 bits per heavy atom. The van der Waals surface area contributed by atoms with Crippen LogP contribution in [0, 0.1) is 0 Å². The van der Waals surface area contributed by atoms with E-state index in [1.807, 2.05) is 12.1 Å². The van der Waals surface area contributed by atoms with E-state index in [-0.39, 0.29) is 0 Å². The lowest BCUT2D eigenvalue weighted by Crippen LogP contribution is -2.25. The standard InChI is InChI=1S/C14H17N3S/c15-12-3-5-16-13(7-12)9-17(14-1-2-14)8-11-4-6-18-10-11/h3-7,10,14H,1-2,8-9H2,(H2,15,16). The van der Waals surface area contributed by atoms with Crippen LogP contribution in [0.3, 0.4) is 0 Å². The highest BCUT2D eigenvalue weighted by Crippen LogP contribution is 2.30. The van der Waals surface area contributed by atoms with Crippen molar-refractivity contribution >= 4 is 17.0 Å². The van der Waals surface area contributed by atoms with E-state index in [1.54, 1.807) is 17.5 Å². The molecular formula is C14H17N3S. The Labute approximate surface area is 111 Å². The molecule has 1 aliphatic rings. The topological polar surface area (TPSA) is 42.1 Å². The van der Waals surface area contributed by atoms with E-state index in [0.29, 0.717) is 0 Å². The van der Waals surface area contributed by atoms with Gasteiger partial charge in [0.2, 0.25) is 0 Å². The molecular weight excluding hydrogens is 242 g/mol. The van der Waals surface area contributed by atoms with Gasteiger partial charge in [0.05, 0.1) is 5.69 Å². The van der Waals surface area contributed by atoms with E-state index in [9.17, 15) is 0 Å². The molecule has 3 nitrogen and oxygen atoms in total. The van der Waals surface area contributed by atoms with Crippen molar-refractivity contribution in [2.24, 2.45) is 0 Å². The lowest BCUT2D eigenvalue weighted by atomic mass is 10.2. The normalized spacial score (nSPS) is 15.2. The van der Waals surface area contributed by atoms with Gasteiger partial charge < -0.3 is 5.73 Å². The largest absolute Gasteiger partial charge is 0.399 e. The summed E-state index contributed by atoms with van der Waals surface area (Å²) in [6.07, 6.45) is 4.42. The smallest absolute Gasteiger partial charge is 0.0564 e. The van der Waals surface area contributed by atoms with E-state index in [0.717, 1.165) is 30.5 Å². The number of rotatable bonds is 5. The van der Waals surface area contributed by atoms with E-state index in [1.165, 1.54) is 18.4 Å². The highest BCUT2D eigenvalue weighted by molar-refractivity contribution is 7.07. The molecule has 0 saturated heterocycles. The SMILES string of the molecule is Nc1ccnc(CN(Cc2ccsc2)C2CC2)c1. The summed E-state index contributed by atoms with van der Waals surface area (Å²) >= 11 is 1.76. The summed E-state index contributed by atoms with van der Waals surface area (Å²) in [5, 5.41) is 4.36. The molecule has 94 valence electrons. The molecule has 3 rings (SSSR count). The zero-order valence-electron chi connectivity index (χ0n) is 10.2. The molecule has 0 unspecified atom stereocenters. The summed E-state index contributed by atoms with van der Waals surface area (Å²) in [6, 6.07) is 6.74. The van der Waals surface area contributed by atoms with Crippen molar-refractivity contribution in [2.75, 3.05) is 5.73 Å². The molecule has 2 N–H and O–H groups in total. The minimum absolute atomic E-state index is 0.730. The Kier molecular flexibility index (Phi) is 3.30. The minimum Gasteiger partial charge on any atom is -0.399 e. The minimum atomic E-state index is 0.730. The molecule has 1 aliphatic carbocycles. The third kappa shape index (κ3) is 2.89. The van der Waals surface area contributed by atoms with Gasteiger partial charge in [-0.3, -0.25) is 9.88 Å². The molecule has 0 aromatic carbocycles. The molecule has 2 aromatic heterocycles. The van der Waals surface area contributed by atoms with Gasteiger partial charge in [-0.25, -0.2) is 0 Å². The van der Waals surface area contributed by atoms with Gasteiger partial charge in [0.1, 0.15) is 0 Å². The van der Waals surface area contributed by atoms with Crippen molar-refractivity contribution < 1.29 is 0 Å². The second kappa shape index (κ2) is 5.08. The Morgan fingerprint density at radius 1 is 1.33 bits per heavy atom. The van der Waals surface area contributed by atoms with Crippen LogP contribution < -0.4 is 5.73 Å². The fraction of sp³-hybridized carbons (Fsp3) is 0.357. The van der Waals surface area contributed by atoms with E-state index in [2.05, 4.69) is 26.7 Å². The van der Waals surface area contributed by atoms with Gasteiger partial charge in [-0.1, -0.05) is 0 Å². The molecule has 1 fully saturated rings. The van der Waals surface area contributed by atoms with Crippen LogP contribution in [0.2, 0.25) is 0 Å². The molecule has 1 saturated carbocycles. The van der Waals surface area contributed by atoms with Crippen molar-refractivity contribution in [2.45, 2.75) is 32.0 Å². The first-order valence-corrected chi connectivity index (χ1v) is 7.21. The van der Waals surface area contributed by atoms with Gasteiger partial charge in [-0.2, -0.15) is 11.3 Å². The molecule has 0 bridgehead atoms. The van der Waals surface area contributed by atoms with Crippen LogP contribution >= 0.6 is 11.3 Å². The number of hydrogen-bond acceptors (Lipinski definition) is 4. The van der Waals surface area contributed by atoms with Crippen molar-refractivity contribution in [3.05, 3.63) is 46.4 Å². The van der Waals surface area contributed by atoms with Crippen LogP contribution in [-0.4, -0.2) is 15.9 Å². The first-order valence-electron chi connectivity index (χ1n) is 6.27. The zero-order chi connectivity index (χ0) is 12.4. The predicted octanol–water partition coefficient (Wildman–Crippen LogP) is 2.89. The third-order valence-electron chi connectivity index (χ3n) is 3.23. The average Bonchev–Trinajstić information content (AvgIpc) is 3.08. The lowest BCUT2D eigenvalue weighted by molar-refractivity contribution is 0.243. The Morgan fingerprint density at radius 3 is 2.89 bits per heavy atom. The average molecular weight is 259 g/mol. The van der Waals surface area contributed by atoms with E-state index >= 15 is 0 Å².